The van der Waals surface area contributed by atoms with Crippen LogP contribution in [-0.2, 0) is 9.59 Å². The summed E-state index contributed by atoms with van der Waals surface area (Å²) in [6, 6.07) is 0. The van der Waals surface area contributed by atoms with E-state index in [0.29, 0.717) is 19.4 Å². The quantitative estimate of drug-likeness (QED) is 0.648. The van der Waals surface area contributed by atoms with E-state index in [1.807, 2.05) is 0 Å². The number of carbonyl (C=O) groups is 2. The van der Waals surface area contributed by atoms with E-state index >= 15 is 0 Å². The van der Waals surface area contributed by atoms with Crippen molar-refractivity contribution in [3.8, 4) is 0 Å². The highest BCUT2D eigenvalue weighted by Gasteiger charge is 2.30. The number of nitrogens with zero attached hydrogens (tertiary/aromatic N) is 2. The van der Waals surface area contributed by atoms with Gasteiger partial charge in [0.25, 0.3) is 0 Å². The van der Waals surface area contributed by atoms with Gasteiger partial charge in [-0.25, -0.2) is 5.01 Å². The highest BCUT2D eigenvalue weighted by molar-refractivity contribution is 5.80. The lowest BCUT2D eigenvalue weighted by Crippen LogP contribution is -2.49. The number of amides is 1. The Kier molecular flexibility index (Phi) is 2.87. The van der Waals surface area contributed by atoms with Gasteiger partial charge in [0.2, 0.25) is 5.91 Å². The fraction of sp³-hybridized carbons (Fsp3) is 0.750. The topological polar surface area (TPSA) is 60.9 Å². The van der Waals surface area contributed by atoms with Crippen LogP contribution in [0.1, 0.15) is 12.8 Å². The molecule has 1 fully saturated rings. The highest BCUT2D eigenvalue weighted by atomic mass is 16.4. The molecule has 0 aromatic carbocycles. The molecule has 1 heterocycles. The molecule has 1 amide bonds. The second-order valence-corrected chi connectivity index (χ2v) is 3.40. The van der Waals surface area contributed by atoms with Crippen molar-refractivity contribution in [2.24, 2.45) is 5.92 Å². The fourth-order valence-electron chi connectivity index (χ4n) is 1.42. The van der Waals surface area contributed by atoms with Gasteiger partial charge in [-0.15, -0.1) is 0 Å². The third-order valence-corrected chi connectivity index (χ3v) is 2.22. The number of carboxylic acid groups (broad SMARTS) is 1. The Balaban J connectivity index is 2.63. The number of hydrogen-bond donors (Lipinski definition) is 1. The Morgan fingerprint density at radius 3 is 2.69 bits per heavy atom. The molecule has 0 aromatic rings. The van der Waals surface area contributed by atoms with Crippen LogP contribution >= 0.6 is 0 Å². The van der Waals surface area contributed by atoms with Crippen LogP contribution in [0, 0.1) is 5.92 Å². The molecule has 1 atom stereocenters. The van der Waals surface area contributed by atoms with Crippen molar-refractivity contribution in [2.45, 2.75) is 12.8 Å². The first kappa shape index (κ1) is 9.98. The molecule has 1 saturated heterocycles. The molecule has 74 valence electrons. The van der Waals surface area contributed by atoms with Gasteiger partial charge >= 0.3 is 5.97 Å². The predicted octanol–water partition coefficient (Wildman–Crippen LogP) is -0.214. The van der Waals surface area contributed by atoms with Crippen molar-refractivity contribution >= 4 is 11.9 Å². The highest BCUT2D eigenvalue weighted by Crippen LogP contribution is 2.17. The molecule has 1 N–H and O–H groups in total. The minimum absolute atomic E-state index is 0.00231. The van der Waals surface area contributed by atoms with Gasteiger partial charge in [-0.1, -0.05) is 0 Å². The first-order chi connectivity index (χ1) is 6.02. The SMILES string of the molecule is CN(C)N1CC(C(=O)O)CCC1=O. The van der Waals surface area contributed by atoms with E-state index in [9.17, 15) is 9.59 Å². The lowest BCUT2D eigenvalue weighted by atomic mass is 9.99. The number of piperidine rings is 1. The van der Waals surface area contributed by atoms with Crippen LogP contribution in [0.2, 0.25) is 0 Å². The van der Waals surface area contributed by atoms with Crippen molar-refractivity contribution in [3.63, 3.8) is 0 Å². The summed E-state index contributed by atoms with van der Waals surface area (Å²) in [5.74, 6) is -1.23. The molecule has 0 spiro atoms. The van der Waals surface area contributed by atoms with Crippen molar-refractivity contribution < 1.29 is 14.7 Å². The molecule has 1 aliphatic heterocycles. The van der Waals surface area contributed by atoms with E-state index < -0.39 is 11.9 Å². The summed E-state index contributed by atoms with van der Waals surface area (Å²) in [6.07, 6.45) is 0.785. The summed E-state index contributed by atoms with van der Waals surface area (Å²) in [6.45, 7) is 0.293. The first-order valence-corrected chi connectivity index (χ1v) is 4.22. The molecule has 0 aliphatic carbocycles. The van der Waals surface area contributed by atoms with Gasteiger partial charge in [0.15, 0.2) is 0 Å². The summed E-state index contributed by atoms with van der Waals surface area (Å²) < 4.78 is 0. The van der Waals surface area contributed by atoms with Gasteiger partial charge in [-0.05, 0) is 6.42 Å². The second-order valence-electron chi connectivity index (χ2n) is 3.40. The van der Waals surface area contributed by atoms with Crippen LogP contribution in [-0.4, -0.2) is 47.6 Å². The number of hydrogen-bond acceptors (Lipinski definition) is 3. The maximum absolute atomic E-state index is 11.3. The van der Waals surface area contributed by atoms with Crippen LogP contribution in [0.4, 0.5) is 0 Å². The molecular formula is C8H14N2O3. The van der Waals surface area contributed by atoms with Gasteiger partial charge < -0.3 is 5.11 Å². The van der Waals surface area contributed by atoms with Crippen LogP contribution in [0.25, 0.3) is 0 Å². The van der Waals surface area contributed by atoms with Crippen LogP contribution in [0.15, 0.2) is 0 Å². The van der Waals surface area contributed by atoms with Crippen molar-refractivity contribution in [1.29, 1.82) is 0 Å². The van der Waals surface area contributed by atoms with Crippen molar-refractivity contribution in [3.05, 3.63) is 0 Å². The Hall–Kier alpha value is -1.10. The zero-order valence-corrected chi connectivity index (χ0v) is 7.86. The summed E-state index contributed by atoms with van der Waals surface area (Å²) in [5, 5.41) is 11.9. The Labute approximate surface area is 76.9 Å². The molecule has 13 heavy (non-hydrogen) atoms. The first-order valence-electron chi connectivity index (χ1n) is 4.22. The summed E-state index contributed by atoms with van der Waals surface area (Å²) in [5.41, 5.74) is 0. The normalized spacial score (nSPS) is 23.8. The largest absolute Gasteiger partial charge is 0.481 e. The Bertz CT molecular complexity index is 227. The maximum atomic E-state index is 11.3. The minimum Gasteiger partial charge on any atom is -0.481 e. The number of hydrazine groups is 1. The van der Waals surface area contributed by atoms with Gasteiger partial charge in [0.1, 0.15) is 0 Å². The molecular weight excluding hydrogens is 172 g/mol. The van der Waals surface area contributed by atoms with Crippen LogP contribution < -0.4 is 0 Å². The molecule has 1 aliphatic rings. The van der Waals surface area contributed by atoms with E-state index in [1.54, 1.807) is 19.1 Å². The smallest absolute Gasteiger partial charge is 0.308 e. The molecule has 0 saturated carbocycles. The third-order valence-electron chi connectivity index (χ3n) is 2.22. The van der Waals surface area contributed by atoms with E-state index in [2.05, 4.69) is 0 Å². The van der Waals surface area contributed by atoms with Crippen molar-refractivity contribution in [1.82, 2.24) is 10.0 Å². The predicted molar refractivity (Wildman–Crippen MR) is 45.8 cm³/mol. The standard InChI is InChI=1S/C8H14N2O3/c1-9(2)10-5-6(8(12)13)3-4-7(10)11/h6H,3-5H2,1-2H3,(H,12,13). The number of rotatable bonds is 2. The monoisotopic (exact) mass is 186 g/mol. The zero-order chi connectivity index (χ0) is 10.0. The van der Waals surface area contributed by atoms with E-state index in [-0.39, 0.29) is 5.91 Å². The summed E-state index contributed by atoms with van der Waals surface area (Å²) >= 11 is 0. The molecule has 5 nitrogen and oxygen atoms in total. The van der Waals surface area contributed by atoms with Crippen molar-refractivity contribution in [2.75, 3.05) is 20.6 Å². The van der Waals surface area contributed by atoms with E-state index in [0.717, 1.165) is 0 Å². The Morgan fingerprint density at radius 1 is 1.62 bits per heavy atom. The average Bonchev–Trinajstić information content (AvgIpc) is 2.04. The number of aliphatic carboxylic acids is 1. The van der Waals surface area contributed by atoms with Gasteiger partial charge in [0.05, 0.1) is 12.5 Å². The molecule has 1 rings (SSSR count). The lowest BCUT2D eigenvalue weighted by molar-refractivity contribution is -0.157. The van der Waals surface area contributed by atoms with Gasteiger partial charge in [-0.3, -0.25) is 14.6 Å². The Morgan fingerprint density at radius 2 is 2.23 bits per heavy atom. The number of carbonyl (C=O) groups excluding carboxylic acids is 1. The summed E-state index contributed by atoms with van der Waals surface area (Å²) in [4.78, 5) is 22.0. The van der Waals surface area contributed by atoms with E-state index in [1.165, 1.54) is 5.01 Å². The molecule has 0 radical (unpaired) electrons. The average molecular weight is 186 g/mol. The second kappa shape index (κ2) is 3.74. The van der Waals surface area contributed by atoms with Crippen LogP contribution in [0.3, 0.4) is 0 Å². The third kappa shape index (κ3) is 2.18. The molecule has 0 aromatic heterocycles. The van der Waals surface area contributed by atoms with E-state index in [4.69, 9.17) is 5.11 Å². The van der Waals surface area contributed by atoms with Gasteiger partial charge in [0, 0.05) is 20.5 Å². The fourth-order valence-corrected chi connectivity index (χ4v) is 1.42. The van der Waals surface area contributed by atoms with Gasteiger partial charge in [-0.2, -0.15) is 0 Å². The maximum Gasteiger partial charge on any atom is 0.308 e. The molecule has 0 bridgehead atoms. The zero-order valence-electron chi connectivity index (χ0n) is 7.86. The summed E-state index contributed by atoms with van der Waals surface area (Å²) in [7, 11) is 3.48. The minimum atomic E-state index is -0.820. The van der Waals surface area contributed by atoms with Crippen LogP contribution in [0.5, 0.6) is 0 Å². The molecule has 1 unspecified atom stereocenters. The number of carboxylic acids is 1. The lowest BCUT2D eigenvalue weighted by Gasteiger charge is -2.34. The molecule has 5 heteroatoms.